The van der Waals surface area contributed by atoms with Crippen molar-refractivity contribution in [2.45, 2.75) is 51.5 Å². The highest BCUT2D eigenvalue weighted by atomic mass is 35.5. The highest BCUT2D eigenvalue weighted by molar-refractivity contribution is 7.89. The molecule has 0 aliphatic rings. The number of ether oxygens (including phenoxy) is 1. The maximum Gasteiger partial charge on any atom is 0.283 e. The predicted octanol–water partition coefficient (Wildman–Crippen LogP) is 3.49. The van der Waals surface area contributed by atoms with Crippen LogP contribution in [0.25, 0.3) is 0 Å². The molecule has 3 aromatic rings. The Morgan fingerprint density at radius 3 is 2.48 bits per heavy atom. The number of unbranched alkanes of at least 4 members (excludes halogenated alkanes) is 1. The number of carbonyl (C=O) groups excluding carboxylic acids is 1. The molecule has 0 aliphatic heterocycles. The van der Waals surface area contributed by atoms with E-state index in [-0.39, 0.29) is 33.7 Å². The largest absolute Gasteiger partial charge is 0.477 e. The van der Waals surface area contributed by atoms with E-state index in [1.807, 2.05) is 20.8 Å². The van der Waals surface area contributed by atoms with E-state index in [0.29, 0.717) is 18.7 Å². The topological polar surface area (TPSA) is 108 Å². The lowest BCUT2D eigenvalue weighted by Gasteiger charge is -2.10. The minimum Gasteiger partial charge on any atom is -0.477 e. The molecule has 0 spiro atoms. The van der Waals surface area contributed by atoms with E-state index < -0.39 is 15.9 Å². The summed E-state index contributed by atoms with van der Waals surface area (Å²) < 4.78 is 34.5. The monoisotopic (exact) mass is 493 g/mol. The molecule has 0 aliphatic carbocycles. The van der Waals surface area contributed by atoms with Crippen molar-refractivity contribution >= 4 is 27.5 Å². The van der Waals surface area contributed by atoms with Gasteiger partial charge in [-0.25, -0.2) is 0 Å². The Hall–Kier alpha value is -2.85. The first kappa shape index (κ1) is 24.8. The first-order valence-electron chi connectivity index (χ1n) is 10.7. The van der Waals surface area contributed by atoms with Gasteiger partial charge in [0.1, 0.15) is 5.69 Å². The van der Waals surface area contributed by atoms with Gasteiger partial charge in [-0.3, -0.25) is 9.48 Å². The Bertz CT molecular complexity index is 1230. The van der Waals surface area contributed by atoms with Crippen LogP contribution in [0.1, 0.15) is 54.1 Å². The van der Waals surface area contributed by atoms with E-state index >= 15 is 0 Å². The molecular weight excluding hydrogens is 466 g/mol. The molecule has 1 N–H and O–H groups in total. The Labute approximate surface area is 198 Å². The van der Waals surface area contributed by atoms with Gasteiger partial charge in [-0.2, -0.15) is 17.6 Å². The molecule has 0 bridgehead atoms. The Morgan fingerprint density at radius 2 is 1.88 bits per heavy atom. The number of hydrogen-bond acceptors (Lipinski definition) is 6. The number of nitrogens with zero attached hydrogens (tertiary/aromatic N) is 4. The average Bonchev–Trinajstić information content (AvgIpc) is 3.33. The molecule has 178 valence electrons. The summed E-state index contributed by atoms with van der Waals surface area (Å²) in [6, 6.07) is 7.99. The quantitative estimate of drug-likeness (QED) is 0.433. The zero-order valence-corrected chi connectivity index (χ0v) is 20.7. The first-order chi connectivity index (χ1) is 15.7. The number of rotatable bonds is 10. The standard InChI is InChI=1S/C22H28ClN5O4S/c1-5-7-12-32-19-13-16(14-24-22(29)21-20(23)18(6-2)25-27(21)4)28(26-19)33(30,31)17-10-8-15(3)9-11-17/h8-11,13H,5-7,12,14H2,1-4H3,(H,24,29). The van der Waals surface area contributed by atoms with Gasteiger partial charge in [-0.1, -0.05) is 49.6 Å². The lowest BCUT2D eigenvalue weighted by molar-refractivity contribution is 0.0941. The summed E-state index contributed by atoms with van der Waals surface area (Å²) in [5, 5.41) is 11.4. The summed E-state index contributed by atoms with van der Waals surface area (Å²) in [4.78, 5) is 12.9. The molecule has 2 heterocycles. The third-order valence-corrected chi connectivity index (χ3v) is 7.09. The van der Waals surface area contributed by atoms with Crippen LogP contribution in [0.2, 0.25) is 5.02 Å². The number of aromatic nitrogens is 4. The van der Waals surface area contributed by atoms with Crippen molar-refractivity contribution in [3.63, 3.8) is 0 Å². The summed E-state index contributed by atoms with van der Waals surface area (Å²) in [5.74, 6) is -0.293. The molecule has 0 saturated carbocycles. The maximum atomic E-state index is 13.3. The van der Waals surface area contributed by atoms with Gasteiger partial charge in [0.05, 0.1) is 34.5 Å². The Kier molecular flexibility index (Phi) is 7.80. The molecule has 9 nitrogen and oxygen atoms in total. The van der Waals surface area contributed by atoms with Crippen molar-refractivity contribution < 1.29 is 17.9 Å². The van der Waals surface area contributed by atoms with Crippen LogP contribution in [0.15, 0.2) is 35.2 Å². The maximum absolute atomic E-state index is 13.3. The van der Waals surface area contributed by atoms with Crippen LogP contribution in [0.4, 0.5) is 0 Å². The average molecular weight is 494 g/mol. The summed E-state index contributed by atoms with van der Waals surface area (Å²) in [6.07, 6.45) is 2.32. The van der Waals surface area contributed by atoms with E-state index in [4.69, 9.17) is 16.3 Å². The van der Waals surface area contributed by atoms with Crippen LogP contribution in [-0.2, 0) is 30.0 Å². The molecular formula is C22H28ClN5O4S. The van der Waals surface area contributed by atoms with Crippen molar-refractivity contribution in [2.24, 2.45) is 7.05 Å². The molecule has 0 saturated heterocycles. The van der Waals surface area contributed by atoms with Crippen molar-refractivity contribution in [2.75, 3.05) is 6.61 Å². The molecule has 1 aromatic carbocycles. The number of nitrogens with one attached hydrogen (secondary N) is 1. The van der Waals surface area contributed by atoms with Gasteiger partial charge < -0.3 is 10.1 Å². The molecule has 0 unspecified atom stereocenters. The van der Waals surface area contributed by atoms with Gasteiger partial charge >= 0.3 is 0 Å². The molecule has 2 aromatic heterocycles. The molecule has 33 heavy (non-hydrogen) atoms. The van der Waals surface area contributed by atoms with E-state index in [1.165, 1.54) is 22.9 Å². The van der Waals surface area contributed by atoms with E-state index in [2.05, 4.69) is 15.5 Å². The van der Waals surface area contributed by atoms with Crippen LogP contribution in [0.3, 0.4) is 0 Å². The Balaban J connectivity index is 1.91. The number of hydrogen-bond donors (Lipinski definition) is 1. The minimum atomic E-state index is -3.99. The molecule has 0 fully saturated rings. The van der Waals surface area contributed by atoms with Crippen LogP contribution in [0.5, 0.6) is 5.88 Å². The third-order valence-electron chi connectivity index (χ3n) is 5.06. The van der Waals surface area contributed by atoms with Crippen LogP contribution < -0.4 is 10.1 Å². The molecule has 1 amide bonds. The number of amides is 1. The smallest absolute Gasteiger partial charge is 0.283 e. The van der Waals surface area contributed by atoms with Gasteiger partial charge in [0, 0.05) is 13.1 Å². The van der Waals surface area contributed by atoms with Gasteiger partial charge in [-0.05, 0) is 31.9 Å². The molecule has 0 atom stereocenters. The second-order valence-corrected chi connectivity index (χ2v) is 9.75. The fourth-order valence-electron chi connectivity index (χ4n) is 3.19. The van der Waals surface area contributed by atoms with E-state index in [9.17, 15) is 13.2 Å². The number of halogens is 1. The van der Waals surface area contributed by atoms with Crippen LogP contribution in [-0.4, -0.2) is 39.9 Å². The highest BCUT2D eigenvalue weighted by Crippen LogP contribution is 2.23. The van der Waals surface area contributed by atoms with Crippen molar-refractivity contribution in [1.82, 2.24) is 24.3 Å². The second kappa shape index (κ2) is 10.4. The highest BCUT2D eigenvalue weighted by Gasteiger charge is 2.25. The molecule has 0 radical (unpaired) electrons. The fourth-order valence-corrected chi connectivity index (χ4v) is 4.86. The predicted molar refractivity (Wildman–Crippen MR) is 125 cm³/mol. The van der Waals surface area contributed by atoms with Gasteiger partial charge in [0.2, 0.25) is 5.88 Å². The van der Waals surface area contributed by atoms with Gasteiger partial charge in [0.15, 0.2) is 0 Å². The number of benzene rings is 1. The zero-order chi connectivity index (χ0) is 24.2. The third kappa shape index (κ3) is 5.39. The number of aryl methyl sites for hydroxylation is 3. The lowest BCUT2D eigenvalue weighted by Crippen LogP contribution is -2.28. The van der Waals surface area contributed by atoms with Crippen LogP contribution in [0, 0.1) is 6.92 Å². The summed E-state index contributed by atoms with van der Waals surface area (Å²) in [6.45, 7) is 6.10. The van der Waals surface area contributed by atoms with Gasteiger partial charge in [0.25, 0.3) is 15.9 Å². The summed E-state index contributed by atoms with van der Waals surface area (Å²) >= 11 is 6.30. The summed E-state index contributed by atoms with van der Waals surface area (Å²) in [5.41, 5.74) is 2.01. The van der Waals surface area contributed by atoms with Crippen molar-refractivity contribution in [3.8, 4) is 5.88 Å². The van der Waals surface area contributed by atoms with Crippen molar-refractivity contribution in [3.05, 3.63) is 58.0 Å². The van der Waals surface area contributed by atoms with E-state index in [1.54, 1.807) is 19.2 Å². The van der Waals surface area contributed by atoms with E-state index in [0.717, 1.165) is 22.5 Å². The second-order valence-electron chi connectivity index (χ2n) is 7.61. The SMILES string of the molecule is CCCCOc1cc(CNC(=O)c2c(Cl)c(CC)nn2C)n(S(=O)(=O)c2ccc(C)cc2)n1. The lowest BCUT2D eigenvalue weighted by atomic mass is 10.2. The minimum absolute atomic E-state index is 0.0890. The molecule has 3 rings (SSSR count). The van der Waals surface area contributed by atoms with Crippen LogP contribution >= 0.6 is 11.6 Å². The van der Waals surface area contributed by atoms with Gasteiger partial charge in [-0.15, -0.1) is 5.10 Å². The summed E-state index contributed by atoms with van der Waals surface area (Å²) in [7, 11) is -2.36. The van der Waals surface area contributed by atoms with Crippen molar-refractivity contribution in [1.29, 1.82) is 0 Å². The Morgan fingerprint density at radius 1 is 1.18 bits per heavy atom. The normalized spacial score (nSPS) is 11.5. The fraction of sp³-hybridized carbons (Fsp3) is 0.409. The number of carbonyl (C=O) groups is 1. The zero-order valence-electron chi connectivity index (χ0n) is 19.1. The first-order valence-corrected chi connectivity index (χ1v) is 12.5. The molecule has 11 heteroatoms.